The molecule has 1 aliphatic carbocycles. The Hall–Kier alpha value is -1.10. The molecule has 2 heterocycles. The molecule has 0 radical (unpaired) electrons. The number of halogens is 2. The van der Waals surface area contributed by atoms with Crippen LogP contribution >= 0.6 is 0 Å². The molecule has 1 aliphatic heterocycles. The number of hydrogen-bond acceptors (Lipinski definition) is 3. The van der Waals surface area contributed by atoms with Gasteiger partial charge in [0, 0.05) is 38.4 Å². The highest BCUT2D eigenvalue weighted by Crippen LogP contribution is 2.58. The molecule has 0 spiro atoms. The third-order valence-corrected chi connectivity index (χ3v) is 4.40. The molecule has 2 atom stereocenters. The van der Waals surface area contributed by atoms with Crippen molar-refractivity contribution in [2.45, 2.75) is 38.7 Å². The molecular weight excluding hydrogens is 248 g/mol. The Morgan fingerprint density at radius 2 is 1.74 bits per heavy atom. The molecule has 0 aromatic carbocycles. The van der Waals surface area contributed by atoms with E-state index in [9.17, 15) is 8.78 Å². The molecule has 1 aromatic rings. The smallest absolute Gasteiger partial charge is 0.300 e. The van der Waals surface area contributed by atoms with E-state index in [0.29, 0.717) is 23.8 Å². The lowest BCUT2D eigenvalue weighted by molar-refractivity contribution is 0.00761. The summed E-state index contributed by atoms with van der Waals surface area (Å²) >= 11 is 0. The predicted octanol–water partition coefficient (Wildman–Crippen LogP) is 2.64. The fourth-order valence-electron chi connectivity index (χ4n) is 3.21. The van der Waals surface area contributed by atoms with E-state index in [1.807, 2.05) is 0 Å². The van der Waals surface area contributed by atoms with Crippen LogP contribution in [0.2, 0.25) is 0 Å². The summed E-state index contributed by atoms with van der Waals surface area (Å²) in [5.74, 6) is -1.52. The molecule has 1 saturated heterocycles. The van der Waals surface area contributed by atoms with Gasteiger partial charge in [-0.15, -0.1) is 0 Å². The number of nitrogens with zero attached hydrogens (tertiary/aromatic N) is 3. The van der Waals surface area contributed by atoms with Gasteiger partial charge in [-0.3, -0.25) is 0 Å². The van der Waals surface area contributed by atoms with Crippen molar-refractivity contribution in [3.05, 3.63) is 23.8 Å². The number of hydrogen-bond donors (Lipinski definition) is 0. The van der Waals surface area contributed by atoms with E-state index in [-0.39, 0.29) is 5.82 Å². The largest absolute Gasteiger partial charge is 0.303 e. The molecule has 3 nitrogen and oxygen atoms in total. The maximum atomic E-state index is 13.0. The number of piperidine rings is 1. The Bertz CT molecular complexity index is 455. The van der Waals surface area contributed by atoms with Gasteiger partial charge >= 0.3 is 5.92 Å². The summed E-state index contributed by atoms with van der Waals surface area (Å²) in [6.07, 6.45) is 3.17. The first kappa shape index (κ1) is 12.9. The third-order valence-electron chi connectivity index (χ3n) is 4.40. The van der Waals surface area contributed by atoms with E-state index >= 15 is 0 Å². The molecule has 2 aliphatic rings. The summed E-state index contributed by atoms with van der Waals surface area (Å²) in [6.45, 7) is 7.47. The van der Waals surface area contributed by atoms with Crippen LogP contribution in [0.5, 0.6) is 0 Å². The highest BCUT2D eigenvalue weighted by molar-refractivity contribution is 5.27. The van der Waals surface area contributed by atoms with Gasteiger partial charge in [0.15, 0.2) is 5.82 Å². The van der Waals surface area contributed by atoms with Gasteiger partial charge < -0.3 is 4.90 Å². The Labute approximate surface area is 112 Å². The zero-order valence-electron chi connectivity index (χ0n) is 11.5. The SMILES string of the molecule is CC(C)N1CC2C(C1)C2c1cnc(C(C)(F)F)nc1. The second-order valence-corrected chi connectivity index (χ2v) is 6.13. The Balaban J connectivity index is 1.68. The summed E-state index contributed by atoms with van der Waals surface area (Å²) < 4.78 is 26.1. The predicted molar refractivity (Wildman–Crippen MR) is 68.0 cm³/mol. The summed E-state index contributed by atoms with van der Waals surface area (Å²) in [7, 11) is 0. The van der Waals surface area contributed by atoms with Crippen molar-refractivity contribution in [3.63, 3.8) is 0 Å². The topological polar surface area (TPSA) is 29.0 Å². The minimum atomic E-state index is -2.95. The molecular formula is C14H19F2N3. The maximum absolute atomic E-state index is 13.0. The highest BCUT2D eigenvalue weighted by atomic mass is 19.3. The Morgan fingerprint density at radius 1 is 1.21 bits per heavy atom. The molecule has 104 valence electrons. The normalized spacial score (nSPS) is 30.7. The van der Waals surface area contributed by atoms with Crippen LogP contribution in [0.3, 0.4) is 0 Å². The number of likely N-dealkylation sites (tertiary alicyclic amines) is 1. The molecule has 1 saturated carbocycles. The van der Waals surface area contributed by atoms with E-state index in [1.54, 1.807) is 12.4 Å². The van der Waals surface area contributed by atoms with E-state index in [1.165, 1.54) is 0 Å². The van der Waals surface area contributed by atoms with Crippen molar-refractivity contribution in [2.24, 2.45) is 11.8 Å². The molecule has 2 fully saturated rings. The van der Waals surface area contributed by atoms with E-state index in [4.69, 9.17) is 0 Å². The summed E-state index contributed by atoms with van der Waals surface area (Å²) in [5.41, 5.74) is 1.02. The second-order valence-electron chi connectivity index (χ2n) is 6.13. The van der Waals surface area contributed by atoms with Crippen molar-refractivity contribution in [3.8, 4) is 0 Å². The van der Waals surface area contributed by atoms with E-state index in [0.717, 1.165) is 25.6 Å². The van der Waals surface area contributed by atoms with Gasteiger partial charge in [-0.25, -0.2) is 9.97 Å². The quantitative estimate of drug-likeness (QED) is 0.843. The van der Waals surface area contributed by atoms with Crippen LogP contribution in [0.1, 0.15) is 38.1 Å². The Morgan fingerprint density at radius 3 is 2.16 bits per heavy atom. The lowest BCUT2D eigenvalue weighted by Crippen LogP contribution is -2.31. The molecule has 5 heteroatoms. The van der Waals surface area contributed by atoms with Crippen molar-refractivity contribution in [2.75, 3.05) is 13.1 Å². The second kappa shape index (κ2) is 4.20. The van der Waals surface area contributed by atoms with Gasteiger partial charge in [-0.1, -0.05) is 0 Å². The molecule has 2 unspecified atom stereocenters. The molecule has 19 heavy (non-hydrogen) atoms. The summed E-state index contributed by atoms with van der Waals surface area (Å²) in [5, 5.41) is 0. The third kappa shape index (κ3) is 2.24. The van der Waals surface area contributed by atoms with Gasteiger partial charge in [0.2, 0.25) is 0 Å². The standard InChI is InChI=1S/C14H19F2N3/c1-8(2)19-6-10-11(7-19)12(10)9-4-17-13(18-5-9)14(3,15)16/h4-5,8,10-12H,6-7H2,1-3H3. The van der Waals surface area contributed by atoms with Crippen LogP contribution in [0.4, 0.5) is 8.78 Å². The molecule has 0 amide bonds. The van der Waals surface area contributed by atoms with Crippen LogP contribution in [0.15, 0.2) is 12.4 Å². The van der Waals surface area contributed by atoms with Gasteiger partial charge in [0.1, 0.15) is 0 Å². The maximum Gasteiger partial charge on any atom is 0.303 e. The minimum Gasteiger partial charge on any atom is -0.300 e. The van der Waals surface area contributed by atoms with Crippen molar-refractivity contribution >= 4 is 0 Å². The molecule has 0 N–H and O–H groups in total. The number of rotatable bonds is 3. The first-order valence-corrected chi connectivity index (χ1v) is 6.82. The fraction of sp³-hybridized carbons (Fsp3) is 0.714. The van der Waals surface area contributed by atoms with Crippen LogP contribution in [-0.4, -0.2) is 34.0 Å². The highest BCUT2D eigenvalue weighted by Gasteiger charge is 2.56. The molecule has 0 bridgehead atoms. The van der Waals surface area contributed by atoms with Crippen LogP contribution in [0.25, 0.3) is 0 Å². The fourth-order valence-corrected chi connectivity index (χ4v) is 3.21. The van der Waals surface area contributed by atoms with Gasteiger partial charge in [-0.2, -0.15) is 8.78 Å². The zero-order valence-corrected chi connectivity index (χ0v) is 11.5. The molecule has 1 aromatic heterocycles. The molecule has 3 rings (SSSR count). The van der Waals surface area contributed by atoms with Gasteiger partial charge in [-0.05, 0) is 37.2 Å². The van der Waals surface area contributed by atoms with Crippen LogP contribution in [0, 0.1) is 11.8 Å². The van der Waals surface area contributed by atoms with E-state index < -0.39 is 5.92 Å². The summed E-state index contributed by atoms with van der Waals surface area (Å²) in [4.78, 5) is 10.1. The first-order valence-electron chi connectivity index (χ1n) is 6.82. The van der Waals surface area contributed by atoms with Crippen molar-refractivity contribution in [1.29, 1.82) is 0 Å². The summed E-state index contributed by atoms with van der Waals surface area (Å²) in [6, 6.07) is 0.589. The van der Waals surface area contributed by atoms with Crippen molar-refractivity contribution in [1.82, 2.24) is 14.9 Å². The van der Waals surface area contributed by atoms with E-state index in [2.05, 4.69) is 28.7 Å². The monoisotopic (exact) mass is 267 g/mol. The van der Waals surface area contributed by atoms with Gasteiger partial charge in [0.25, 0.3) is 0 Å². The average Bonchev–Trinajstić information content (AvgIpc) is 2.82. The first-order chi connectivity index (χ1) is 8.88. The van der Waals surface area contributed by atoms with Crippen LogP contribution in [-0.2, 0) is 5.92 Å². The zero-order chi connectivity index (χ0) is 13.8. The number of fused-ring (bicyclic) bond motifs is 1. The average molecular weight is 267 g/mol. The number of alkyl halides is 2. The lowest BCUT2D eigenvalue weighted by atomic mass is 10.1. The number of aromatic nitrogens is 2. The van der Waals surface area contributed by atoms with Crippen LogP contribution < -0.4 is 0 Å². The Kier molecular flexibility index (Phi) is 2.85. The van der Waals surface area contributed by atoms with Gasteiger partial charge in [0.05, 0.1) is 0 Å². The van der Waals surface area contributed by atoms with Crippen molar-refractivity contribution < 1.29 is 8.78 Å². The minimum absolute atomic E-state index is 0.383. The lowest BCUT2D eigenvalue weighted by Gasteiger charge is -2.23.